The summed E-state index contributed by atoms with van der Waals surface area (Å²) in [6.45, 7) is 6.69. The fourth-order valence-electron chi connectivity index (χ4n) is 5.48. The molecule has 1 atom stereocenters. The second-order valence-electron chi connectivity index (χ2n) is 11.3. The van der Waals surface area contributed by atoms with Gasteiger partial charge in [0, 0.05) is 24.2 Å². The van der Waals surface area contributed by atoms with Crippen molar-refractivity contribution in [3.05, 3.63) is 46.3 Å². The van der Waals surface area contributed by atoms with Gasteiger partial charge in [-0.2, -0.15) is 13.2 Å². The average Bonchev–Trinajstić information content (AvgIpc) is 2.91. The van der Waals surface area contributed by atoms with E-state index in [1.54, 1.807) is 0 Å². The number of nitrogens with zero attached hydrogens (tertiary/aromatic N) is 3. The number of alkyl halides is 3. The zero-order chi connectivity index (χ0) is 30.3. The summed E-state index contributed by atoms with van der Waals surface area (Å²) in [7, 11) is 0. The van der Waals surface area contributed by atoms with Gasteiger partial charge in [0.25, 0.3) is 5.91 Å². The minimum atomic E-state index is -5.32. The predicted octanol–water partition coefficient (Wildman–Crippen LogP) is 2.90. The number of allylic oxidation sites excluding steroid dienone is 1. The molecule has 3 amide bonds. The SMILES string of the molecule is CC1=C(C)C(Cc2ccc(F)c(C(=O)N3CC(=O)N(C4CCCCC4)CC3(C)C)c2)=N[NH+](OC(=O)C(F)(F)F)C1=O. The molecule has 1 aromatic rings. The van der Waals surface area contributed by atoms with Gasteiger partial charge in [0.2, 0.25) is 5.91 Å². The minimum absolute atomic E-state index is 0.0366. The summed E-state index contributed by atoms with van der Waals surface area (Å²) in [5.74, 6) is -5.19. The van der Waals surface area contributed by atoms with Gasteiger partial charge in [0.1, 0.15) is 18.1 Å². The van der Waals surface area contributed by atoms with Crippen LogP contribution in [-0.4, -0.2) is 70.0 Å². The molecule has 0 spiro atoms. The van der Waals surface area contributed by atoms with Crippen LogP contribution in [0.2, 0.25) is 0 Å². The van der Waals surface area contributed by atoms with Gasteiger partial charge in [-0.25, -0.2) is 18.8 Å². The van der Waals surface area contributed by atoms with E-state index in [-0.39, 0.29) is 41.8 Å². The van der Waals surface area contributed by atoms with Crippen molar-refractivity contribution >= 4 is 29.4 Å². The van der Waals surface area contributed by atoms with Crippen LogP contribution in [-0.2, 0) is 25.6 Å². The fraction of sp³-hybridized carbons (Fsp3) is 0.536. The Morgan fingerprint density at radius 2 is 1.76 bits per heavy atom. The molecular formula is C28H33F4N4O5+. The molecule has 9 nitrogen and oxygen atoms in total. The zero-order valence-corrected chi connectivity index (χ0v) is 23.4. The third-order valence-corrected chi connectivity index (χ3v) is 7.98. The second-order valence-corrected chi connectivity index (χ2v) is 11.3. The number of halogens is 4. The molecule has 222 valence electrons. The summed E-state index contributed by atoms with van der Waals surface area (Å²) in [6, 6.07) is 3.90. The van der Waals surface area contributed by atoms with Crippen molar-refractivity contribution in [2.45, 2.75) is 84.0 Å². The minimum Gasteiger partial charge on any atom is -0.336 e. The Labute approximate surface area is 234 Å². The standard InChI is InChI=1S/C28H32F4N4O5/c1-16-17(2)24(38)36(41-26(40)28(30,31)32)33-22(16)13-18-10-11-21(29)20(12-18)25(39)35-14-23(37)34(15-27(35,3)4)19-8-6-5-7-9-19/h10-12,19H,5-9,13-15H2,1-4H3/p+1. The van der Waals surface area contributed by atoms with Crippen LogP contribution in [0.5, 0.6) is 0 Å². The van der Waals surface area contributed by atoms with Gasteiger partial charge in [-0.15, -0.1) is 0 Å². The summed E-state index contributed by atoms with van der Waals surface area (Å²) in [6.07, 6.45) is -0.343. The smallest absolute Gasteiger partial charge is 0.336 e. The number of benzene rings is 1. The molecule has 0 radical (unpaired) electrons. The monoisotopic (exact) mass is 581 g/mol. The van der Waals surface area contributed by atoms with Gasteiger partial charge < -0.3 is 9.80 Å². The first-order valence-corrected chi connectivity index (χ1v) is 13.5. The molecule has 3 aliphatic rings. The van der Waals surface area contributed by atoms with E-state index in [0.29, 0.717) is 17.7 Å². The Balaban J connectivity index is 1.56. The second kappa shape index (κ2) is 11.3. The van der Waals surface area contributed by atoms with Crippen LogP contribution in [0.25, 0.3) is 0 Å². The molecule has 2 aliphatic heterocycles. The van der Waals surface area contributed by atoms with E-state index in [9.17, 15) is 36.7 Å². The summed E-state index contributed by atoms with van der Waals surface area (Å²) >= 11 is 0. The molecule has 41 heavy (non-hydrogen) atoms. The first-order valence-electron chi connectivity index (χ1n) is 13.5. The summed E-state index contributed by atoms with van der Waals surface area (Å²) in [5, 5.41) is 2.85. The number of carbonyl (C=O) groups excluding carboxylic acids is 4. The van der Waals surface area contributed by atoms with Crippen LogP contribution < -0.4 is 5.17 Å². The quantitative estimate of drug-likeness (QED) is 0.540. The molecule has 1 unspecified atom stereocenters. The number of hydrogen-bond acceptors (Lipinski definition) is 6. The highest BCUT2D eigenvalue weighted by Gasteiger charge is 2.47. The molecule has 4 rings (SSSR count). The van der Waals surface area contributed by atoms with E-state index in [0.717, 1.165) is 38.2 Å². The van der Waals surface area contributed by atoms with Gasteiger partial charge in [-0.3, -0.25) is 9.59 Å². The normalized spacial score (nSPS) is 22.1. The van der Waals surface area contributed by atoms with E-state index in [4.69, 9.17) is 0 Å². The lowest BCUT2D eigenvalue weighted by atomic mass is 9.90. The highest BCUT2D eigenvalue weighted by atomic mass is 19.4. The van der Waals surface area contributed by atoms with Gasteiger partial charge in [0.15, 0.2) is 0 Å². The van der Waals surface area contributed by atoms with E-state index < -0.39 is 40.5 Å². The maximum absolute atomic E-state index is 15.0. The summed E-state index contributed by atoms with van der Waals surface area (Å²) < 4.78 is 53.1. The van der Waals surface area contributed by atoms with Crippen molar-refractivity contribution < 1.29 is 46.7 Å². The van der Waals surface area contributed by atoms with Crippen LogP contribution in [0, 0.1) is 5.82 Å². The zero-order valence-electron chi connectivity index (χ0n) is 23.4. The van der Waals surface area contributed by atoms with Crippen LogP contribution >= 0.6 is 0 Å². The molecule has 1 saturated carbocycles. The van der Waals surface area contributed by atoms with Crippen molar-refractivity contribution in [1.29, 1.82) is 0 Å². The lowest BCUT2D eigenvalue weighted by Crippen LogP contribution is -3.11. The Morgan fingerprint density at radius 1 is 1.10 bits per heavy atom. The van der Waals surface area contributed by atoms with Gasteiger partial charge in [-0.05, 0) is 68.9 Å². The number of rotatable bonds is 5. The van der Waals surface area contributed by atoms with Crippen molar-refractivity contribution in [3.63, 3.8) is 0 Å². The predicted molar refractivity (Wildman–Crippen MR) is 138 cm³/mol. The number of carbonyl (C=O) groups is 4. The molecular weight excluding hydrogens is 548 g/mol. The molecule has 0 bridgehead atoms. The number of quaternary nitrogens is 1. The Hall–Kier alpha value is -3.61. The van der Waals surface area contributed by atoms with Crippen molar-refractivity contribution in [2.75, 3.05) is 13.1 Å². The molecule has 1 aromatic carbocycles. The summed E-state index contributed by atoms with van der Waals surface area (Å²) in [5.41, 5.74) is -0.149. The molecule has 1 saturated heterocycles. The number of hydrogen-bond donors (Lipinski definition) is 1. The van der Waals surface area contributed by atoms with Crippen LogP contribution in [0.3, 0.4) is 0 Å². The first kappa shape index (κ1) is 30.4. The van der Waals surface area contributed by atoms with E-state index in [2.05, 4.69) is 9.94 Å². The fourth-order valence-corrected chi connectivity index (χ4v) is 5.48. The number of hydroxylamine groups is 1. The molecule has 1 N–H and O–H groups in total. The Morgan fingerprint density at radius 3 is 2.39 bits per heavy atom. The van der Waals surface area contributed by atoms with E-state index in [1.165, 1.54) is 30.9 Å². The van der Waals surface area contributed by atoms with Gasteiger partial charge in [0.05, 0.1) is 16.7 Å². The van der Waals surface area contributed by atoms with Crippen LogP contribution in [0.15, 0.2) is 34.4 Å². The highest BCUT2D eigenvalue weighted by Crippen LogP contribution is 2.31. The van der Waals surface area contributed by atoms with Gasteiger partial charge in [-0.1, -0.05) is 25.3 Å². The van der Waals surface area contributed by atoms with Crippen molar-refractivity contribution in [1.82, 2.24) is 9.80 Å². The molecule has 13 heteroatoms. The topological polar surface area (TPSA) is 101 Å². The maximum Gasteiger partial charge on any atom is 0.497 e. The molecule has 1 aliphatic carbocycles. The van der Waals surface area contributed by atoms with Crippen LogP contribution in [0.4, 0.5) is 17.6 Å². The largest absolute Gasteiger partial charge is 0.497 e. The first-order chi connectivity index (χ1) is 19.1. The van der Waals surface area contributed by atoms with E-state index in [1.807, 2.05) is 18.7 Å². The lowest BCUT2D eigenvalue weighted by Gasteiger charge is -2.49. The summed E-state index contributed by atoms with van der Waals surface area (Å²) in [4.78, 5) is 57.8. The lowest BCUT2D eigenvalue weighted by molar-refractivity contribution is -1.01. The third-order valence-electron chi connectivity index (χ3n) is 7.98. The van der Waals surface area contributed by atoms with Crippen molar-refractivity contribution in [2.24, 2.45) is 5.10 Å². The Bertz CT molecular complexity index is 1330. The molecule has 0 aromatic heterocycles. The van der Waals surface area contributed by atoms with Crippen molar-refractivity contribution in [3.8, 4) is 0 Å². The molecule has 2 fully saturated rings. The maximum atomic E-state index is 15.0. The Kier molecular flexibility index (Phi) is 8.40. The van der Waals surface area contributed by atoms with E-state index >= 15 is 0 Å². The highest BCUT2D eigenvalue weighted by molar-refractivity contribution is 6.08. The number of nitrogens with one attached hydrogen (secondary N) is 1. The molecule has 2 heterocycles. The average molecular weight is 582 g/mol. The number of piperazine rings is 1. The third kappa shape index (κ3) is 6.34. The van der Waals surface area contributed by atoms with Gasteiger partial charge >= 0.3 is 18.1 Å². The van der Waals surface area contributed by atoms with Crippen LogP contribution in [0.1, 0.15) is 75.7 Å². The number of amides is 3.